The van der Waals surface area contributed by atoms with Gasteiger partial charge in [-0.3, -0.25) is 9.59 Å². The molecule has 0 radical (unpaired) electrons. The Hall–Kier alpha value is -2.57. The summed E-state index contributed by atoms with van der Waals surface area (Å²) in [4.78, 5) is 28.4. The van der Waals surface area contributed by atoms with Gasteiger partial charge in [0.2, 0.25) is 0 Å². The molecule has 30 heavy (non-hydrogen) atoms. The lowest BCUT2D eigenvalue weighted by Crippen LogP contribution is -2.39. The zero-order valence-electron chi connectivity index (χ0n) is 18.2. The van der Waals surface area contributed by atoms with Crippen molar-refractivity contribution in [2.45, 2.75) is 72.4 Å². The summed E-state index contributed by atoms with van der Waals surface area (Å²) < 4.78 is 13.1. The maximum atomic E-state index is 13.6. The number of hydrogen-bond acceptors (Lipinski definition) is 5. The molecule has 162 valence electrons. The average molecular weight is 414 g/mol. The Morgan fingerprint density at radius 3 is 2.67 bits per heavy atom. The smallest absolute Gasteiger partial charge is 0.259 e. The molecule has 0 N–H and O–H groups in total. The first kappa shape index (κ1) is 20.7. The minimum atomic E-state index is -0.0931. The summed E-state index contributed by atoms with van der Waals surface area (Å²) >= 11 is 0. The van der Waals surface area contributed by atoms with Crippen molar-refractivity contribution in [3.05, 3.63) is 44.7 Å². The number of fused-ring (bicyclic) bond motifs is 1. The Labute approximate surface area is 177 Å². The van der Waals surface area contributed by atoms with Crippen LogP contribution in [-0.4, -0.2) is 33.6 Å². The molecule has 0 spiro atoms. The van der Waals surface area contributed by atoms with Crippen LogP contribution >= 0.6 is 0 Å². The fourth-order valence-electron chi connectivity index (χ4n) is 4.49. The highest BCUT2D eigenvalue weighted by molar-refractivity contribution is 5.98. The molecule has 0 saturated carbocycles. The Bertz CT molecular complexity index is 964. The second-order valence-electron chi connectivity index (χ2n) is 8.70. The topological polar surface area (TPSA) is 77.6 Å². The van der Waals surface area contributed by atoms with Crippen LogP contribution in [0.1, 0.15) is 72.1 Å². The molecule has 0 aliphatic carbocycles. The molecule has 4 heterocycles. The highest BCUT2D eigenvalue weighted by atomic mass is 16.5. The Morgan fingerprint density at radius 2 is 1.97 bits per heavy atom. The van der Waals surface area contributed by atoms with E-state index in [1.807, 2.05) is 18.7 Å². The molecule has 2 aliphatic rings. The van der Waals surface area contributed by atoms with Crippen LogP contribution in [-0.2, 0) is 19.6 Å². The van der Waals surface area contributed by atoms with E-state index in [0.29, 0.717) is 29.5 Å². The standard InChI is InChI=1S/C23H31N3O4/c1-15-8-11-25(12-9-15)23(28)22-19-7-5-4-6-10-26(19)21(27)13-20(22)29-14-18-16(2)24-30-17(18)3/h13,15H,4-12,14H2,1-3H3. The summed E-state index contributed by atoms with van der Waals surface area (Å²) in [5.74, 6) is 1.70. The molecule has 1 saturated heterocycles. The maximum absolute atomic E-state index is 13.6. The van der Waals surface area contributed by atoms with Crippen molar-refractivity contribution in [2.24, 2.45) is 5.92 Å². The van der Waals surface area contributed by atoms with E-state index in [1.165, 1.54) is 6.07 Å². The van der Waals surface area contributed by atoms with Crippen molar-refractivity contribution in [1.82, 2.24) is 14.6 Å². The van der Waals surface area contributed by atoms with Crippen LogP contribution in [0.3, 0.4) is 0 Å². The van der Waals surface area contributed by atoms with Crippen LogP contribution in [0.5, 0.6) is 5.75 Å². The molecule has 2 aromatic heterocycles. The lowest BCUT2D eigenvalue weighted by Gasteiger charge is -2.31. The monoisotopic (exact) mass is 413 g/mol. The Morgan fingerprint density at radius 1 is 1.20 bits per heavy atom. The maximum Gasteiger partial charge on any atom is 0.259 e. The van der Waals surface area contributed by atoms with E-state index in [0.717, 1.165) is 68.6 Å². The number of amides is 1. The average Bonchev–Trinajstić information content (AvgIpc) is 2.92. The van der Waals surface area contributed by atoms with Gasteiger partial charge in [0.05, 0.1) is 11.3 Å². The van der Waals surface area contributed by atoms with Crippen LogP contribution < -0.4 is 10.3 Å². The number of rotatable bonds is 4. The van der Waals surface area contributed by atoms with Gasteiger partial charge in [0.15, 0.2) is 0 Å². The largest absolute Gasteiger partial charge is 0.488 e. The molecular weight excluding hydrogens is 382 g/mol. The molecule has 1 fully saturated rings. The molecule has 1 amide bonds. The van der Waals surface area contributed by atoms with E-state index in [4.69, 9.17) is 9.26 Å². The number of piperidine rings is 1. The van der Waals surface area contributed by atoms with Crippen molar-refractivity contribution in [1.29, 1.82) is 0 Å². The third-order valence-corrected chi connectivity index (χ3v) is 6.51. The Kier molecular flexibility index (Phi) is 5.97. The van der Waals surface area contributed by atoms with Gasteiger partial charge in [-0.05, 0) is 51.9 Å². The van der Waals surface area contributed by atoms with Gasteiger partial charge in [-0.25, -0.2) is 0 Å². The molecule has 0 unspecified atom stereocenters. The number of likely N-dealkylation sites (tertiary alicyclic amines) is 1. The van der Waals surface area contributed by atoms with Crippen molar-refractivity contribution in [3.8, 4) is 5.75 Å². The molecule has 4 rings (SSSR count). The van der Waals surface area contributed by atoms with Crippen molar-refractivity contribution in [2.75, 3.05) is 13.1 Å². The molecule has 7 nitrogen and oxygen atoms in total. The third-order valence-electron chi connectivity index (χ3n) is 6.51. The summed E-state index contributed by atoms with van der Waals surface area (Å²) in [5.41, 5.74) is 2.92. The van der Waals surface area contributed by atoms with Gasteiger partial charge in [0.1, 0.15) is 23.7 Å². The highest BCUT2D eigenvalue weighted by Gasteiger charge is 2.29. The summed E-state index contributed by atoms with van der Waals surface area (Å²) in [6.07, 6.45) is 5.74. The first-order valence-electron chi connectivity index (χ1n) is 11.1. The second kappa shape index (κ2) is 8.66. The van der Waals surface area contributed by atoms with E-state index in [2.05, 4.69) is 12.1 Å². The van der Waals surface area contributed by atoms with Crippen LogP contribution in [0.4, 0.5) is 0 Å². The predicted octanol–water partition coefficient (Wildman–Crippen LogP) is 3.63. The summed E-state index contributed by atoms with van der Waals surface area (Å²) in [6, 6.07) is 1.49. The number of hydrogen-bond donors (Lipinski definition) is 0. The molecule has 2 aliphatic heterocycles. The number of carbonyl (C=O) groups is 1. The molecule has 2 aromatic rings. The van der Waals surface area contributed by atoms with E-state index >= 15 is 0 Å². The molecular formula is C23H31N3O4. The number of aromatic nitrogens is 2. The first-order valence-corrected chi connectivity index (χ1v) is 11.1. The van der Waals surface area contributed by atoms with Gasteiger partial charge in [-0.15, -0.1) is 0 Å². The predicted molar refractivity (Wildman–Crippen MR) is 113 cm³/mol. The SMILES string of the molecule is Cc1noc(C)c1COc1cc(=O)n2c(c1C(=O)N1CCC(C)CC1)CCCCC2. The fourth-order valence-corrected chi connectivity index (χ4v) is 4.49. The van der Waals surface area contributed by atoms with Crippen molar-refractivity contribution >= 4 is 5.91 Å². The quantitative estimate of drug-likeness (QED) is 0.765. The minimum Gasteiger partial charge on any atom is -0.488 e. The molecule has 0 aromatic carbocycles. The molecule has 0 atom stereocenters. The zero-order chi connectivity index (χ0) is 21.3. The van der Waals surface area contributed by atoms with Gasteiger partial charge in [-0.2, -0.15) is 0 Å². The number of carbonyl (C=O) groups excluding carboxylic acids is 1. The Balaban J connectivity index is 1.72. The second-order valence-corrected chi connectivity index (χ2v) is 8.70. The van der Waals surface area contributed by atoms with Crippen LogP contribution in [0, 0.1) is 19.8 Å². The van der Waals surface area contributed by atoms with Crippen molar-refractivity contribution in [3.63, 3.8) is 0 Å². The van der Waals surface area contributed by atoms with Gasteiger partial charge in [-0.1, -0.05) is 18.5 Å². The van der Waals surface area contributed by atoms with E-state index in [-0.39, 0.29) is 18.1 Å². The van der Waals surface area contributed by atoms with E-state index < -0.39 is 0 Å². The zero-order valence-corrected chi connectivity index (χ0v) is 18.2. The third kappa shape index (κ3) is 4.02. The lowest BCUT2D eigenvalue weighted by molar-refractivity contribution is 0.0689. The number of aryl methyl sites for hydroxylation is 2. The summed E-state index contributed by atoms with van der Waals surface area (Å²) in [5, 5.41) is 3.97. The number of nitrogens with zero attached hydrogens (tertiary/aromatic N) is 3. The summed E-state index contributed by atoms with van der Waals surface area (Å²) in [7, 11) is 0. The lowest BCUT2D eigenvalue weighted by atomic mass is 9.98. The van der Waals surface area contributed by atoms with Gasteiger partial charge in [0.25, 0.3) is 11.5 Å². The molecule has 7 heteroatoms. The van der Waals surface area contributed by atoms with Crippen LogP contribution in [0.15, 0.2) is 15.4 Å². The molecule has 0 bridgehead atoms. The van der Waals surface area contributed by atoms with Crippen LogP contribution in [0.25, 0.3) is 0 Å². The van der Waals surface area contributed by atoms with Gasteiger partial charge >= 0.3 is 0 Å². The number of ether oxygens (including phenoxy) is 1. The van der Waals surface area contributed by atoms with E-state index in [1.54, 1.807) is 4.57 Å². The number of pyridine rings is 1. The highest BCUT2D eigenvalue weighted by Crippen LogP contribution is 2.29. The van der Waals surface area contributed by atoms with Crippen LogP contribution in [0.2, 0.25) is 0 Å². The van der Waals surface area contributed by atoms with E-state index in [9.17, 15) is 9.59 Å². The van der Waals surface area contributed by atoms with Crippen molar-refractivity contribution < 1.29 is 14.1 Å². The fraction of sp³-hybridized carbons (Fsp3) is 0.609. The summed E-state index contributed by atoms with van der Waals surface area (Å²) in [6.45, 7) is 8.32. The normalized spacial score (nSPS) is 17.5. The minimum absolute atomic E-state index is 0.0127. The first-order chi connectivity index (χ1) is 14.5. The van der Waals surface area contributed by atoms with Gasteiger partial charge in [0, 0.05) is 31.4 Å². The van der Waals surface area contributed by atoms with Gasteiger partial charge < -0.3 is 18.7 Å².